The summed E-state index contributed by atoms with van der Waals surface area (Å²) in [6, 6.07) is 6.60. The molecule has 18 heavy (non-hydrogen) atoms. The molecule has 0 fully saturated rings. The minimum Gasteiger partial charge on any atom is -0.325 e. The van der Waals surface area contributed by atoms with E-state index in [1.807, 2.05) is 6.92 Å². The van der Waals surface area contributed by atoms with Gasteiger partial charge in [-0.1, -0.05) is 12.1 Å². The first-order valence-electron chi connectivity index (χ1n) is 5.48. The van der Waals surface area contributed by atoms with Crippen molar-refractivity contribution in [3.63, 3.8) is 0 Å². The summed E-state index contributed by atoms with van der Waals surface area (Å²) in [5, 5.41) is 11.5. The van der Waals surface area contributed by atoms with Crippen LogP contribution in [0.3, 0.4) is 0 Å². The summed E-state index contributed by atoms with van der Waals surface area (Å²) < 4.78 is 0. The highest BCUT2D eigenvalue weighted by atomic mass is 32.1. The van der Waals surface area contributed by atoms with Crippen LogP contribution in [0.1, 0.15) is 21.1 Å². The number of hydrogen-bond acceptors (Lipinski definition) is 5. The fourth-order valence-corrected chi connectivity index (χ4v) is 2.64. The fraction of sp³-hybridized carbons (Fsp3) is 0.250. The lowest BCUT2D eigenvalue weighted by molar-refractivity contribution is -0.384. The van der Waals surface area contributed by atoms with Gasteiger partial charge in [-0.2, -0.15) is 0 Å². The van der Waals surface area contributed by atoms with Crippen LogP contribution in [0.4, 0.5) is 5.69 Å². The molecule has 1 aromatic carbocycles. The lowest BCUT2D eigenvalue weighted by atomic mass is 10.1. The van der Waals surface area contributed by atoms with Crippen molar-refractivity contribution in [3.8, 4) is 0 Å². The molecule has 2 aromatic rings. The number of nitro groups is 1. The fourth-order valence-electron chi connectivity index (χ4n) is 1.66. The zero-order valence-electron chi connectivity index (χ0n) is 9.92. The first kappa shape index (κ1) is 12.7. The summed E-state index contributed by atoms with van der Waals surface area (Å²) in [7, 11) is 0. The standard InChI is InChI=1S/C12H13N3O2S/c1-8-11(18-12(7-13)14-8)6-9-2-4-10(5-3-9)15(16)17/h2-5H,6-7,13H2,1H3. The Hall–Kier alpha value is -1.79. The van der Waals surface area contributed by atoms with Crippen molar-refractivity contribution < 1.29 is 4.92 Å². The molecule has 5 nitrogen and oxygen atoms in total. The van der Waals surface area contributed by atoms with E-state index in [0.717, 1.165) is 27.6 Å². The number of thiazole rings is 1. The Labute approximate surface area is 108 Å². The summed E-state index contributed by atoms with van der Waals surface area (Å²) in [6.07, 6.45) is 0.738. The predicted molar refractivity (Wildman–Crippen MR) is 70.6 cm³/mol. The van der Waals surface area contributed by atoms with Gasteiger partial charge in [0.25, 0.3) is 5.69 Å². The van der Waals surface area contributed by atoms with Gasteiger partial charge in [0.15, 0.2) is 0 Å². The molecule has 6 heteroatoms. The van der Waals surface area contributed by atoms with E-state index in [1.165, 1.54) is 12.1 Å². The van der Waals surface area contributed by atoms with E-state index in [1.54, 1.807) is 23.5 Å². The summed E-state index contributed by atoms with van der Waals surface area (Å²) >= 11 is 1.59. The minimum atomic E-state index is -0.395. The third kappa shape index (κ3) is 2.72. The van der Waals surface area contributed by atoms with E-state index >= 15 is 0 Å². The number of benzene rings is 1. The third-order valence-electron chi connectivity index (χ3n) is 2.62. The van der Waals surface area contributed by atoms with Crippen molar-refractivity contribution in [3.05, 3.63) is 55.5 Å². The molecule has 0 unspecified atom stereocenters. The highest BCUT2D eigenvalue weighted by molar-refractivity contribution is 7.11. The summed E-state index contributed by atoms with van der Waals surface area (Å²) in [6.45, 7) is 2.40. The zero-order chi connectivity index (χ0) is 13.1. The SMILES string of the molecule is Cc1nc(CN)sc1Cc1ccc([N+](=O)[O-])cc1. The van der Waals surface area contributed by atoms with Gasteiger partial charge in [0, 0.05) is 30.0 Å². The van der Waals surface area contributed by atoms with Gasteiger partial charge in [0.2, 0.25) is 0 Å². The predicted octanol–water partition coefficient (Wildman–Crippen LogP) is 2.41. The van der Waals surface area contributed by atoms with Crippen molar-refractivity contribution in [2.75, 3.05) is 0 Å². The quantitative estimate of drug-likeness (QED) is 0.678. The van der Waals surface area contributed by atoms with Crippen molar-refractivity contribution >= 4 is 17.0 Å². The topological polar surface area (TPSA) is 82.0 Å². The minimum absolute atomic E-state index is 0.113. The first-order chi connectivity index (χ1) is 8.60. The molecule has 0 aliphatic carbocycles. The zero-order valence-corrected chi connectivity index (χ0v) is 10.7. The molecule has 0 saturated heterocycles. The second-order valence-corrected chi connectivity index (χ2v) is 5.09. The Balaban J connectivity index is 2.17. The molecule has 0 aliphatic heterocycles. The molecule has 0 bridgehead atoms. The molecular formula is C12H13N3O2S. The first-order valence-corrected chi connectivity index (χ1v) is 6.30. The van der Waals surface area contributed by atoms with Gasteiger partial charge in [0.05, 0.1) is 10.6 Å². The number of aromatic nitrogens is 1. The molecule has 0 amide bonds. The molecule has 94 valence electrons. The average Bonchev–Trinajstić information content (AvgIpc) is 2.71. The lowest BCUT2D eigenvalue weighted by Crippen LogP contribution is -1.94. The largest absolute Gasteiger partial charge is 0.325 e. The Kier molecular flexibility index (Phi) is 3.69. The number of nitrogens with two attached hydrogens (primary N) is 1. The van der Waals surface area contributed by atoms with Crippen LogP contribution < -0.4 is 5.73 Å². The number of aryl methyl sites for hydroxylation is 1. The highest BCUT2D eigenvalue weighted by Gasteiger charge is 2.09. The van der Waals surface area contributed by atoms with E-state index in [4.69, 9.17) is 5.73 Å². The number of rotatable bonds is 4. The van der Waals surface area contributed by atoms with Crippen molar-refractivity contribution in [2.45, 2.75) is 19.9 Å². The Morgan fingerprint density at radius 2 is 2.06 bits per heavy atom. The molecule has 2 N–H and O–H groups in total. The highest BCUT2D eigenvalue weighted by Crippen LogP contribution is 2.22. The van der Waals surface area contributed by atoms with E-state index in [9.17, 15) is 10.1 Å². The second-order valence-electron chi connectivity index (χ2n) is 3.92. The van der Waals surface area contributed by atoms with Crippen LogP contribution in [-0.2, 0) is 13.0 Å². The van der Waals surface area contributed by atoms with Crippen LogP contribution in [-0.4, -0.2) is 9.91 Å². The van der Waals surface area contributed by atoms with Crippen LogP contribution in [0, 0.1) is 17.0 Å². The van der Waals surface area contributed by atoms with E-state index < -0.39 is 4.92 Å². The molecule has 1 heterocycles. The second kappa shape index (κ2) is 5.24. The van der Waals surface area contributed by atoms with E-state index in [0.29, 0.717) is 6.54 Å². The van der Waals surface area contributed by atoms with Gasteiger partial charge in [0.1, 0.15) is 5.01 Å². The van der Waals surface area contributed by atoms with Gasteiger partial charge in [-0.05, 0) is 12.5 Å². The van der Waals surface area contributed by atoms with Gasteiger partial charge in [-0.3, -0.25) is 10.1 Å². The molecule has 0 spiro atoms. The molecule has 1 aromatic heterocycles. The summed E-state index contributed by atoms with van der Waals surface area (Å²) in [4.78, 5) is 15.7. The van der Waals surface area contributed by atoms with E-state index in [2.05, 4.69) is 4.98 Å². The Morgan fingerprint density at radius 3 is 2.56 bits per heavy atom. The Bertz CT molecular complexity index is 563. The van der Waals surface area contributed by atoms with Gasteiger partial charge < -0.3 is 5.73 Å². The molecule has 0 atom stereocenters. The Morgan fingerprint density at radius 1 is 1.39 bits per heavy atom. The van der Waals surface area contributed by atoms with Crippen molar-refractivity contribution in [1.82, 2.24) is 4.98 Å². The number of nitro benzene ring substituents is 1. The summed E-state index contributed by atoms with van der Waals surface area (Å²) in [5.41, 5.74) is 7.69. The smallest absolute Gasteiger partial charge is 0.269 e. The maximum Gasteiger partial charge on any atom is 0.269 e. The van der Waals surface area contributed by atoms with Gasteiger partial charge in [-0.15, -0.1) is 11.3 Å². The van der Waals surface area contributed by atoms with Crippen LogP contribution in [0.2, 0.25) is 0 Å². The molecule has 0 radical (unpaired) electrons. The third-order valence-corrected chi connectivity index (χ3v) is 3.80. The van der Waals surface area contributed by atoms with Crippen LogP contribution in [0.25, 0.3) is 0 Å². The molecule has 2 rings (SSSR count). The molecular weight excluding hydrogens is 250 g/mol. The molecule has 0 aliphatic rings. The van der Waals surface area contributed by atoms with Crippen molar-refractivity contribution in [2.24, 2.45) is 5.73 Å². The van der Waals surface area contributed by atoms with Crippen LogP contribution >= 0.6 is 11.3 Å². The average molecular weight is 263 g/mol. The monoisotopic (exact) mass is 263 g/mol. The van der Waals surface area contributed by atoms with E-state index in [-0.39, 0.29) is 5.69 Å². The number of non-ortho nitro benzene ring substituents is 1. The normalized spacial score (nSPS) is 10.6. The van der Waals surface area contributed by atoms with Crippen LogP contribution in [0.15, 0.2) is 24.3 Å². The maximum atomic E-state index is 10.6. The number of nitrogens with zero attached hydrogens (tertiary/aromatic N) is 2. The maximum absolute atomic E-state index is 10.6. The van der Waals surface area contributed by atoms with Crippen molar-refractivity contribution in [1.29, 1.82) is 0 Å². The van der Waals surface area contributed by atoms with Gasteiger partial charge in [-0.25, -0.2) is 4.98 Å². The number of hydrogen-bond donors (Lipinski definition) is 1. The van der Waals surface area contributed by atoms with Crippen LogP contribution in [0.5, 0.6) is 0 Å². The summed E-state index contributed by atoms with van der Waals surface area (Å²) in [5.74, 6) is 0. The lowest BCUT2D eigenvalue weighted by Gasteiger charge is -1.99. The van der Waals surface area contributed by atoms with Gasteiger partial charge >= 0.3 is 0 Å². The molecule has 0 saturated carbocycles.